The minimum atomic E-state index is -1.28. The number of rotatable bonds is 15. The molecular weight excluding hydrogens is 604 g/mol. The van der Waals surface area contributed by atoms with Gasteiger partial charge in [0.1, 0.15) is 17.6 Å². The van der Waals surface area contributed by atoms with Crippen molar-refractivity contribution in [3.05, 3.63) is 90.0 Å². The highest BCUT2D eigenvalue weighted by Gasteiger charge is 2.79. The third-order valence-electron chi connectivity index (χ3n) is 10.1. The minimum Gasteiger partial charge on any atom is -0.465 e. The summed E-state index contributed by atoms with van der Waals surface area (Å²) in [7, 11) is 0. The smallest absolute Gasteiger partial charge is 0.312 e. The summed E-state index contributed by atoms with van der Waals surface area (Å²) in [6.07, 6.45) is 7.53. The first-order chi connectivity index (χ1) is 22.2. The molecule has 3 fully saturated rings. The number of para-hydroxylation sites is 1. The number of likely N-dealkylation sites (tertiary alicyclic amines) is 1. The van der Waals surface area contributed by atoms with Gasteiger partial charge < -0.3 is 24.4 Å². The van der Waals surface area contributed by atoms with E-state index in [0.717, 1.165) is 24.0 Å². The van der Waals surface area contributed by atoms with E-state index in [4.69, 9.17) is 21.1 Å². The predicted octanol–water partition coefficient (Wildman–Crippen LogP) is 5.83. The predicted molar refractivity (Wildman–Crippen MR) is 178 cm³/mol. The van der Waals surface area contributed by atoms with Gasteiger partial charge in [0.15, 0.2) is 0 Å². The molecule has 2 bridgehead atoms. The molecule has 2 amide bonds. The fraction of sp³-hybridized carbons (Fsp3) is 0.486. The number of halogens is 1. The van der Waals surface area contributed by atoms with E-state index >= 15 is 4.79 Å². The van der Waals surface area contributed by atoms with Gasteiger partial charge in [-0.2, -0.15) is 0 Å². The van der Waals surface area contributed by atoms with Crippen LogP contribution in [0.1, 0.15) is 56.6 Å². The number of esters is 1. The van der Waals surface area contributed by atoms with Crippen molar-refractivity contribution in [2.24, 2.45) is 11.8 Å². The van der Waals surface area contributed by atoms with Crippen LogP contribution < -0.4 is 4.90 Å². The molecule has 1 spiro atoms. The van der Waals surface area contributed by atoms with E-state index in [0.29, 0.717) is 42.8 Å². The van der Waals surface area contributed by atoms with Gasteiger partial charge in [-0.05, 0) is 69.1 Å². The number of unbranched alkanes of at least 4 members (excludes halogenated alkanes) is 2. The Balaban J connectivity index is 1.60. The maximum Gasteiger partial charge on any atom is 0.312 e. The van der Waals surface area contributed by atoms with Gasteiger partial charge in [0.05, 0.1) is 41.5 Å². The van der Waals surface area contributed by atoms with Crippen molar-refractivity contribution in [2.75, 3.05) is 24.7 Å². The molecule has 2 aromatic carbocycles. The Morgan fingerprint density at radius 1 is 1.15 bits per heavy atom. The SMILES string of the molecule is C=CCCCCOC(=O)[C@@H]1[C@H]2C(=O)N([C@@H](CO)Cc3ccccc3)C(C(=O)N(CC=C)c3c(C)cccc3Cl)C23CC[C@@]1(CC)O3. The fourth-order valence-corrected chi connectivity index (χ4v) is 8.33. The van der Waals surface area contributed by atoms with Crippen LogP contribution in [0.2, 0.25) is 5.02 Å². The molecule has 46 heavy (non-hydrogen) atoms. The van der Waals surface area contributed by atoms with Crippen molar-refractivity contribution in [2.45, 2.75) is 82.1 Å². The Morgan fingerprint density at radius 2 is 1.91 bits per heavy atom. The number of benzene rings is 2. The topological polar surface area (TPSA) is 96.4 Å². The molecule has 1 N–H and O–H groups in total. The lowest BCUT2D eigenvalue weighted by Gasteiger charge is -2.40. The van der Waals surface area contributed by atoms with E-state index in [1.54, 1.807) is 17.0 Å². The van der Waals surface area contributed by atoms with Crippen LogP contribution >= 0.6 is 11.6 Å². The lowest BCUT2D eigenvalue weighted by molar-refractivity contribution is -0.162. The molecule has 0 radical (unpaired) electrons. The van der Waals surface area contributed by atoms with Gasteiger partial charge >= 0.3 is 5.97 Å². The number of hydrogen-bond acceptors (Lipinski definition) is 6. The van der Waals surface area contributed by atoms with Gasteiger partial charge in [0, 0.05) is 6.54 Å². The van der Waals surface area contributed by atoms with Crippen molar-refractivity contribution in [1.29, 1.82) is 0 Å². The summed E-state index contributed by atoms with van der Waals surface area (Å²) >= 11 is 6.70. The Bertz CT molecular complexity index is 1440. The Morgan fingerprint density at radius 3 is 2.57 bits per heavy atom. The quantitative estimate of drug-likeness (QED) is 0.148. The highest BCUT2D eigenvalue weighted by Crippen LogP contribution is 2.65. The number of fused-ring (bicyclic) bond motifs is 1. The first kappa shape index (κ1) is 33.9. The van der Waals surface area contributed by atoms with Crippen molar-refractivity contribution < 1.29 is 29.0 Å². The number of carbonyl (C=O) groups excluding carboxylic acids is 3. The number of anilines is 1. The molecular formula is C37H45ClN2O6. The van der Waals surface area contributed by atoms with Crippen LogP contribution in [-0.4, -0.2) is 70.8 Å². The molecule has 0 aromatic heterocycles. The number of aliphatic hydroxyl groups is 1. The van der Waals surface area contributed by atoms with Gasteiger partial charge in [-0.3, -0.25) is 14.4 Å². The second-order valence-electron chi connectivity index (χ2n) is 12.7. The van der Waals surface area contributed by atoms with Crippen LogP contribution in [0.5, 0.6) is 0 Å². The van der Waals surface area contributed by atoms with Gasteiger partial charge in [0.2, 0.25) is 5.91 Å². The number of carbonyl (C=O) groups is 3. The van der Waals surface area contributed by atoms with E-state index in [9.17, 15) is 14.7 Å². The zero-order valence-corrected chi connectivity index (χ0v) is 27.6. The van der Waals surface area contributed by atoms with Crippen molar-refractivity contribution >= 4 is 35.1 Å². The average molecular weight is 649 g/mol. The van der Waals surface area contributed by atoms with Crippen LogP contribution in [0.25, 0.3) is 0 Å². The van der Waals surface area contributed by atoms with Crippen LogP contribution in [0, 0.1) is 18.8 Å². The van der Waals surface area contributed by atoms with E-state index in [2.05, 4.69) is 13.2 Å². The van der Waals surface area contributed by atoms with Gasteiger partial charge in [-0.25, -0.2) is 0 Å². The second-order valence-corrected chi connectivity index (χ2v) is 13.1. The van der Waals surface area contributed by atoms with Crippen LogP contribution in [0.4, 0.5) is 5.69 Å². The third-order valence-corrected chi connectivity index (χ3v) is 10.4. The Labute approximate surface area is 277 Å². The maximum absolute atomic E-state index is 15.1. The molecule has 3 aliphatic heterocycles. The Hall–Kier alpha value is -3.46. The number of nitrogens with zero attached hydrogens (tertiary/aromatic N) is 2. The number of aliphatic hydroxyl groups excluding tert-OH is 1. The highest BCUT2D eigenvalue weighted by molar-refractivity contribution is 6.34. The summed E-state index contributed by atoms with van der Waals surface area (Å²) in [5.41, 5.74) is 0.00932. The van der Waals surface area contributed by atoms with Crippen molar-refractivity contribution in [1.82, 2.24) is 4.90 Å². The lowest BCUT2D eigenvalue weighted by Crippen LogP contribution is -2.59. The molecule has 6 atom stereocenters. The largest absolute Gasteiger partial charge is 0.465 e. The minimum absolute atomic E-state index is 0.139. The van der Waals surface area contributed by atoms with Gasteiger partial charge in [0.25, 0.3) is 5.91 Å². The molecule has 2 unspecified atom stereocenters. The summed E-state index contributed by atoms with van der Waals surface area (Å²) in [5.74, 6) is -3.03. The number of ether oxygens (including phenoxy) is 2. The monoisotopic (exact) mass is 648 g/mol. The lowest BCUT2D eigenvalue weighted by atomic mass is 9.65. The molecule has 246 valence electrons. The number of allylic oxidation sites excluding steroid dienone is 1. The highest BCUT2D eigenvalue weighted by atomic mass is 35.5. The van der Waals surface area contributed by atoms with E-state index in [1.807, 2.05) is 62.4 Å². The first-order valence-electron chi connectivity index (χ1n) is 16.3. The molecule has 3 heterocycles. The standard InChI is InChI=1S/C37H45ClN2O6/c1-5-8-9-13-22-45-35(44)30-29-33(42)40(27(24-41)23-26-16-11-10-12-17-26)32(37(29)20-19-36(30,7-3)46-37)34(43)39(21-6-2)31-25(4)15-14-18-28(31)38/h5-6,10-12,14-18,27,29-30,32,41H,1-2,7-9,13,19-24H2,3-4H3/t27-,29+,30+,32?,36-,37?/m1/s1. The number of aryl methyl sites for hydroxylation is 1. The van der Waals surface area contributed by atoms with E-state index in [-0.39, 0.29) is 31.6 Å². The van der Waals surface area contributed by atoms with Crippen LogP contribution in [-0.2, 0) is 30.3 Å². The van der Waals surface area contributed by atoms with Crippen molar-refractivity contribution in [3.63, 3.8) is 0 Å². The van der Waals surface area contributed by atoms with Gasteiger partial charge in [-0.15, -0.1) is 13.2 Å². The van der Waals surface area contributed by atoms with E-state index < -0.39 is 41.1 Å². The van der Waals surface area contributed by atoms with Crippen LogP contribution in [0.15, 0.2) is 73.8 Å². The molecule has 9 heteroatoms. The summed E-state index contributed by atoms with van der Waals surface area (Å²) in [6.45, 7) is 11.5. The third kappa shape index (κ3) is 5.80. The van der Waals surface area contributed by atoms with Gasteiger partial charge in [-0.1, -0.05) is 73.1 Å². The molecule has 8 nitrogen and oxygen atoms in total. The molecule has 5 rings (SSSR count). The summed E-state index contributed by atoms with van der Waals surface area (Å²) < 4.78 is 12.7. The molecule has 3 aliphatic rings. The Kier molecular flexibility index (Phi) is 10.4. The normalized spacial score (nSPS) is 26.9. The molecule has 0 aliphatic carbocycles. The summed E-state index contributed by atoms with van der Waals surface area (Å²) in [6, 6.07) is 13.1. The summed E-state index contributed by atoms with van der Waals surface area (Å²) in [4.78, 5) is 46.9. The van der Waals surface area contributed by atoms with Crippen LogP contribution in [0.3, 0.4) is 0 Å². The molecule has 2 aromatic rings. The fourth-order valence-electron chi connectivity index (χ4n) is 8.01. The first-order valence-corrected chi connectivity index (χ1v) is 16.7. The zero-order valence-electron chi connectivity index (χ0n) is 26.8. The second kappa shape index (κ2) is 14.1. The van der Waals surface area contributed by atoms with Crippen molar-refractivity contribution in [3.8, 4) is 0 Å². The maximum atomic E-state index is 15.1. The summed E-state index contributed by atoms with van der Waals surface area (Å²) in [5, 5.41) is 11.2. The molecule has 0 saturated carbocycles. The number of hydrogen-bond donors (Lipinski definition) is 1. The average Bonchev–Trinajstić information content (AvgIpc) is 3.66. The number of amides is 2. The molecule has 3 saturated heterocycles. The van der Waals surface area contributed by atoms with E-state index in [1.165, 1.54) is 4.90 Å². The zero-order chi connectivity index (χ0) is 33.1.